The fraction of sp³-hybridized carbons (Fsp3) is 0.118. The van der Waals surface area contributed by atoms with Crippen LogP contribution in [0.4, 0.5) is 11.4 Å². The molecule has 1 amide bonds. The van der Waals surface area contributed by atoms with Crippen LogP contribution in [0, 0.1) is 10.1 Å². The number of ether oxygens (including phenoxy) is 1. The number of rotatable bonds is 5. The maximum atomic E-state index is 12.3. The lowest BCUT2D eigenvalue weighted by Crippen LogP contribution is -2.13. The number of carbonyl (C=O) groups is 1. The summed E-state index contributed by atoms with van der Waals surface area (Å²) in [5.74, 6) is 0.00381. The zero-order valence-corrected chi connectivity index (χ0v) is 12.8. The van der Waals surface area contributed by atoms with E-state index in [-0.39, 0.29) is 17.3 Å². The number of methoxy groups -OCH3 is 1. The first-order chi connectivity index (χ1) is 11.0. The molecule has 6 nitrogen and oxygen atoms in total. The van der Waals surface area contributed by atoms with Gasteiger partial charge >= 0.3 is 0 Å². The van der Waals surface area contributed by atoms with E-state index >= 15 is 0 Å². The zero-order chi connectivity index (χ0) is 16.8. The average molecular weight is 312 g/mol. The van der Waals surface area contributed by atoms with Crippen molar-refractivity contribution in [3.8, 4) is 5.75 Å². The van der Waals surface area contributed by atoms with E-state index in [9.17, 15) is 14.9 Å². The summed E-state index contributed by atoms with van der Waals surface area (Å²) in [5.41, 5.74) is 1.51. The minimum atomic E-state index is -0.526. The highest BCUT2D eigenvalue weighted by Crippen LogP contribution is 2.29. The largest absolute Gasteiger partial charge is 0.495 e. The van der Waals surface area contributed by atoms with Gasteiger partial charge in [-0.25, -0.2) is 0 Å². The van der Waals surface area contributed by atoms with Crippen LogP contribution >= 0.6 is 0 Å². The van der Waals surface area contributed by atoms with Crippen LogP contribution < -0.4 is 10.1 Å². The Balaban J connectivity index is 2.24. The molecule has 1 N–H and O–H groups in total. The molecule has 0 radical (unpaired) electrons. The predicted molar refractivity (Wildman–Crippen MR) is 88.4 cm³/mol. The normalized spacial score (nSPS) is 11.0. The number of hydrogen-bond acceptors (Lipinski definition) is 4. The molecule has 2 aromatic carbocycles. The van der Waals surface area contributed by atoms with Crippen LogP contribution in [-0.2, 0) is 4.79 Å². The molecule has 23 heavy (non-hydrogen) atoms. The summed E-state index contributed by atoms with van der Waals surface area (Å²) < 4.78 is 5.12. The van der Waals surface area contributed by atoms with Crippen molar-refractivity contribution in [3.05, 3.63) is 69.8 Å². The highest BCUT2D eigenvalue weighted by molar-refractivity contribution is 6.07. The number of carbonyl (C=O) groups excluding carboxylic acids is 1. The average Bonchev–Trinajstić information content (AvgIpc) is 2.55. The van der Waals surface area contributed by atoms with E-state index in [1.54, 1.807) is 13.0 Å². The molecule has 0 aliphatic rings. The van der Waals surface area contributed by atoms with Gasteiger partial charge in [-0.1, -0.05) is 30.3 Å². The second-order valence-electron chi connectivity index (χ2n) is 4.83. The first-order valence-electron chi connectivity index (χ1n) is 6.88. The van der Waals surface area contributed by atoms with Crippen molar-refractivity contribution in [1.82, 2.24) is 0 Å². The maximum Gasteiger partial charge on any atom is 0.271 e. The quantitative estimate of drug-likeness (QED) is 0.519. The molecule has 0 saturated heterocycles. The van der Waals surface area contributed by atoms with E-state index < -0.39 is 4.92 Å². The Morgan fingerprint density at radius 3 is 2.52 bits per heavy atom. The van der Waals surface area contributed by atoms with Crippen molar-refractivity contribution in [2.24, 2.45) is 0 Å². The summed E-state index contributed by atoms with van der Waals surface area (Å²) in [4.78, 5) is 22.6. The van der Waals surface area contributed by atoms with E-state index in [1.165, 1.54) is 25.3 Å². The second-order valence-corrected chi connectivity index (χ2v) is 4.83. The van der Waals surface area contributed by atoms with Gasteiger partial charge in [-0.3, -0.25) is 14.9 Å². The van der Waals surface area contributed by atoms with Gasteiger partial charge in [0, 0.05) is 17.7 Å². The SMILES string of the molecule is COc1ccc([N+](=O)[O-])cc1NC(=O)/C(C)=C/c1ccccc1. The molecule has 2 rings (SSSR count). The molecule has 0 spiro atoms. The van der Waals surface area contributed by atoms with Gasteiger partial charge in [-0.15, -0.1) is 0 Å². The Morgan fingerprint density at radius 1 is 1.22 bits per heavy atom. The van der Waals surface area contributed by atoms with E-state index in [1.807, 2.05) is 30.3 Å². The lowest BCUT2D eigenvalue weighted by molar-refractivity contribution is -0.384. The molecule has 6 heteroatoms. The van der Waals surface area contributed by atoms with Gasteiger partial charge in [0.25, 0.3) is 11.6 Å². The number of nitrogens with one attached hydrogen (secondary N) is 1. The van der Waals surface area contributed by atoms with Gasteiger partial charge in [0.15, 0.2) is 0 Å². The third-order valence-electron chi connectivity index (χ3n) is 3.18. The molecule has 0 saturated carbocycles. The van der Waals surface area contributed by atoms with Crippen molar-refractivity contribution >= 4 is 23.4 Å². The number of nitro groups is 1. The van der Waals surface area contributed by atoms with E-state index in [0.29, 0.717) is 11.3 Å². The molecule has 0 aliphatic heterocycles. The summed E-state index contributed by atoms with van der Waals surface area (Å²) >= 11 is 0. The van der Waals surface area contributed by atoms with E-state index in [4.69, 9.17) is 4.74 Å². The number of amides is 1. The second kappa shape index (κ2) is 7.22. The van der Waals surface area contributed by atoms with Gasteiger partial charge in [-0.05, 0) is 24.6 Å². The van der Waals surface area contributed by atoms with Gasteiger partial charge in [0.1, 0.15) is 5.75 Å². The standard InChI is InChI=1S/C17H16N2O4/c1-12(10-13-6-4-3-5-7-13)17(20)18-15-11-14(19(21)22)8-9-16(15)23-2/h3-11H,1-2H3,(H,18,20)/b12-10+. The van der Waals surface area contributed by atoms with Crippen LogP contribution in [0.2, 0.25) is 0 Å². The third kappa shape index (κ3) is 4.16. The van der Waals surface area contributed by atoms with Crippen LogP contribution in [0.3, 0.4) is 0 Å². The first kappa shape index (κ1) is 16.2. The monoisotopic (exact) mass is 312 g/mol. The molecule has 118 valence electrons. The van der Waals surface area contributed by atoms with Gasteiger partial charge < -0.3 is 10.1 Å². The van der Waals surface area contributed by atoms with Crippen LogP contribution in [0.25, 0.3) is 6.08 Å². The Labute approximate surface area is 133 Å². The number of hydrogen-bond donors (Lipinski definition) is 1. The Bertz CT molecular complexity index is 754. The Hall–Kier alpha value is -3.15. The van der Waals surface area contributed by atoms with Crippen LogP contribution in [0.15, 0.2) is 54.1 Å². The van der Waals surface area contributed by atoms with Crippen LogP contribution in [0.1, 0.15) is 12.5 Å². The highest BCUT2D eigenvalue weighted by Gasteiger charge is 2.14. The number of non-ortho nitro benzene ring substituents is 1. The fourth-order valence-corrected chi connectivity index (χ4v) is 1.99. The molecular weight excluding hydrogens is 296 g/mol. The molecule has 0 atom stereocenters. The molecule has 0 aromatic heterocycles. The van der Waals surface area contributed by atoms with Crippen LogP contribution in [-0.4, -0.2) is 17.9 Å². The molecule has 0 fully saturated rings. The van der Waals surface area contributed by atoms with Crippen molar-refractivity contribution in [1.29, 1.82) is 0 Å². The van der Waals surface area contributed by atoms with Crippen molar-refractivity contribution in [2.45, 2.75) is 6.92 Å². The number of benzene rings is 2. The topological polar surface area (TPSA) is 81.5 Å². The van der Waals surface area contributed by atoms with Gasteiger partial charge in [-0.2, -0.15) is 0 Å². The molecular formula is C17H16N2O4. The number of anilines is 1. The predicted octanol–water partition coefficient (Wildman–Crippen LogP) is 3.65. The highest BCUT2D eigenvalue weighted by atomic mass is 16.6. The summed E-state index contributed by atoms with van der Waals surface area (Å²) in [7, 11) is 1.43. The summed E-state index contributed by atoms with van der Waals surface area (Å²) in [6.45, 7) is 1.67. The Morgan fingerprint density at radius 2 is 1.91 bits per heavy atom. The van der Waals surface area contributed by atoms with E-state index in [0.717, 1.165) is 5.56 Å². The third-order valence-corrected chi connectivity index (χ3v) is 3.18. The smallest absolute Gasteiger partial charge is 0.271 e. The number of nitrogens with zero attached hydrogens (tertiary/aromatic N) is 1. The minimum Gasteiger partial charge on any atom is -0.495 e. The first-order valence-corrected chi connectivity index (χ1v) is 6.88. The Kier molecular flexibility index (Phi) is 5.09. The van der Waals surface area contributed by atoms with E-state index in [2.05, 4.69) is 5.32 Å². The number of nitro benzene ring substituents is 1. The lowest BCUT2D eigenvalue weighted by Gasteiger charge is -2.10. The summed E-state index contributed by atoms with van der Waals surface area (Å²) in [5, 5.41) is 13.5. The molecule has 0 aliphatic carbocycles. The van der Waals surface area contributed by atoms with Crippen molar-refractivity contribution in [3.63, 3.8) is 0 Å². The lowest BCUT2D eigenvalue weighted by atomic mass is 10.1. The minimum absolute atomic E-state index is 0.120. The molecule has 0 unspecified atom stereocenters. The fourth-order valence-electron chi connectivity index (χ4n) is 1.99. The summed E-state index contributed by atoms with van der Waals surface area (Å²) in [6.07, 6.45) is 1.74. The molecule has 0 bridgehead atoms. The molecule has 0 heterocycles. The zero-order valence-electron chi connectivity index (χ0n) is 12.8. The van der Waals surface area contributed by atoms with Crippen molar-refractivity contribution in [2.75, 3.05) is 12.4 Å². The van der Waals surface area contributed by atoms with Gasteiger partial charge in [0.2, 0.25) is 0 Å². The van der Waals surface area contributed by atoms with Crippen molar-refractivity contribution < 1.29 is 14.5 Å². The maximum absolute atomic E-state index is 12.3. The molecule has 2 aromatic rings. The van der Waals surface area contributed by atoms with Gasteiger partial charge in [0.05, 0.1) is 17.7 Å². The summed E-state index contributed by atoms with van der Waals surface area (Å²) in [6, 6.07) is 13.4. The van der Waals surface area contributed by atoms with Crippen LogP contribution in [0.5, 0.6) is 5.75 Å².